The Morgan fingerprint density at radius 3 is 2.61 bits per heavy atom. The number of para-hydroxylation sites is 2. The van der Waals surface area contributed by atoms with E-state index in [2.05, 4.69) is 4.98 Å². The number of aromatic amines is 1. The van der Waals surface area contributed by atoms with Crippen molar-refractivity contribution in [3.8, 4) is 0 Å². The number of nitrogens with one attached hydrogen (secondary N) is 1. The van der Waals surface area contributed by atoms with Crippen LogP contribution in [0.15, 0.2) is 24.3 Å². The summed E-state index contributed by atoms with van der Waals surface area (Å²) in [5.41, 5.74) is 1.85. The average molecular weight is 274 g/mol. The second kappa shape index (κ2) is 5.14. The lowest BCUT2D eigenvalue weighted by atomic mass is 10.2. The van der Waals surface area contributed by atoms with Gasteiger partial charge in [0.25, 0.3) is 0 Å². The van der Waals surface area contributed by atoms with Crippen LogP contribution in [-0.4, -0.2) is 15.7 Å². The molecular weight excluding hydrogens is 261 g/mol. The van der Waals surface area contributed by atoms with Gasteiger partial charge in [-0.05, 0) is 37.2 Å². The van der Waals surface area contributed by atoms with Gasteiger partial charge in [0.1, 0.15) is 0 Å². The molecule has 1 heterocycles. The highest BCUT2D eigenvalue weighted by Gasteiger charge is 2.25. The first-order chi connectivity index (χ1) is 8.47. The molecule has 0 aliphatic carbocycles. The summed E-state index contributed by atoms with van der Waals surface area (Å²) in [5.74, 6) is 0. The second-order valence-electron chi connectivity index (χ2n) is 4.17. The Hall–Kier alpha value is -1.30. The number of imidazole rings is 1. The quantitative estimate of drug-likeness (QED) is 0.646. The van der Waals surface area contributed by atoms with E-state index in [9.17, 15) is 13.2 Å². The Kier molecular flexibility index (Phi) is 3.75. The van der Waals surface area contributed by atoms with Gasteiger partial charge in [0.05, 0.1) is 11.0 Å². The number of aryl methyl sites for hydroxylation is 1. The summed E-state index contributed by atoms with van der Waals surface area (Å²) >= 11 is 5.16. The molecule has 1 aromatic carbocycles. The third kappa shape index (κ3) is 3.13. The molecule has 0 unspecified atom stereocenters. The second-order valence-corrected chi connectivity index (χ2v) is 4.56. The zero-order valence-electron chi connectivity index (χ0n) is 9.63. The number of hydrogen-bond donors (Lipinski definition) is 1. The molecule has 0 saturated heterocycles. The number of aromatic nitrogens is 2. The van der Waals surface area contributed by atoms with E-state index < -0.39 is 12.6 Å². The van der Waals surface area contributed by atoms with Crippen molar-refractivity contribution in [1.29, 1.82) is 0 Å². The highest BCUT2D eigenvalue weighted by atomic mass is 32.1. The number of rotatable bonds is 4. The van der Waals surface area contributed by atoms with Crippen LogP contribution >= 0.6 is 12.2 Å². The molecule has 2 nitrogen and oxygen atoms in total. The number of unbranched alkanes of at least 4 members (excludes halogenated alkanes) is 1. The maximum absolute atomic E-state index is 12.0. The van der Waals surface area contributed by atoms with Crippen LogP contribution in [0.4, 0.5) is 13.2 Å². The van der Waals surface area contributed by atoms with Gasteiger partial charge in [0, 0.05) is 13.0 Å². The molecule has 2 rings (SSSR count). The molecule has 0 atom stereocenters. The maximum Gasteiger partial charge on any atom is 0.389 e. The Labute approximate surface area is 107 Å². The fourth-order valence-corrected chi connectivity index (χ4v) is 2.22. The van der Waals surface area contributed by atoms with E-state index in [1.165, 1.54) is 0 Å². The van der Waals surface area contributed by atoms with Crippen molar-refractivity contribution in [1.82, 2.24) is 9.55 Å². The highest BCUT2D eigenvalue weighted by molar-refractivity contribution is 7.71. The molecule has 0 bridgehead atoms. The zero-order chi connectivity index (χ0) is 13.2. The third-order valence-corrected chi connectivity index (χ3v) is 3.10. The summed E-state index contributed by atoms with van der Waals surface area (Å²) in [5, 5.41) is 0. The van der Waals surface area contributed by atoms with Crippen LogP contribution in [0, 0.1) is 4.77 Å². The number of fused-ring (bicyclic) bond motifs is 1. The first-order valence-corrected chi connectivity index (χ1v) is 6.12. The SMILES string of the molecule is FC(F)(F)CCCCn1c(=S)[nH]c2ccccc21. The molecule has 98 valence electrons. The average Bonchev–Trinajstić information content (AvgIpc) is 2.59. The van der Waals surface area contributed by atoms with E-state index in [4.69, 9.17) is 12.2 Å². The summed E-state index contributed by atoms with van der Waals surface area (Å²) in [6.45, 7) is 0.513. The van der Waals surface area contributed by atoms with E-state index in [0.29, 0.717) is 17.7 Å². The fourth-order valence-electron chi connectivity index (χ4n) is 1.92. The third-order valence-electron chi connectivity index (χ3n) is 2.77. The van der Waals surface area contributed by atoms with Crippen LogP contribution in [0.5, 0.6) is 0 Å². The minimum atomic E-state index is -4.07. The van der Waals surface area contributed by atoms with Gasteiger partial charge < -0.3 is 9.55 Å². The molecule has 1 N–H and O–H groups in total. The van der Waals surface area contributed by atoms with Crippen LogP contribution in [0.1, 0.15) is 19.3 Å². The van der Waals surface area contributed by atoms with Crippen molar-refractivity contribution in [2.24, 2.45) is 0 Å². The molecule has 6 heteroatoms. The van der Waals surface area contributed by atoms with E-state index in [1.807, 2.05) is 28.8 Å². The molecule has 0 aliphatic rings. The summed E-state index contributed by atoms with van der Waals surface area (Å²) in [6, 6.07) is 7.58. The Morgan fingerprint density at radius 2 is 1.89 bits per heavy atom. The lowest BCUT2D eigenvalue weighted by Gasteiger charge is -2.07. The first-order valence-electron chi connectivity index (χ1n) is 5.72. The largest absolute Gasteiger partial charge is 0.389 e. The molecule has 18 heavy (non-hydrogen) atoms. The Balaban J connectivity index is 2.04. The zero-order valence-corrected chi connectivity index (χ0v) is 10.4. The predicted molar refractivity (Wildman–Crippen MR) is 67.0 cm³/mol. The van der Waals surface area contributed by atoms with E-state index >= 15 is 0 Å². The Bertz CT molecular complexity index is 583. The summed E-state index contributed by atoms with van der Waals surface area (Å²) in [7, 11) is 0. The van der Waals surface area contributed by atoms with Crippen molar-refractivity contribution in [3.63, 3.8) is 0 Å². The minimum Gasteiger partial charge on any atom is -0.331 e. The molecule has 2 aromatic rings. The van der Waals surface area contributed by atoms with Crippen molar-refractivity contribution in [2.45, 2.75) is 32.0 Å². The number of halogens is 3. The van der Waals surface area contributed by atoms with Gasteiger partial charge in [-0.2, -0.15) is 13.2 Å². The first kappa shape index (κ1) is 13.1. The van der Waals surface area contributed by atoms with Crippen LogP contribution in [0.3, 0.4) is 0 Å². The smallest absolute Gasteiger partial charge is 0.331 e. The van der Waals surface area contributed by atoms with Gasteiger partial charge in [-0.3, -0.25) is 0 Å². The number of hydrogen-bond acceptors (Lipinski definition) is 1. The summed E-state index contributed by atoms with van der Waals surface area (Å²) in [4.78, 5) is 3.04. The fraction of sp³-hybridized carbons (Fsp3) is 0.417. The van der Waals surface area contributed by atoms with Gasteiger partial charge in [-0.1, -0.05) is 12.1 Å². The van der Waals surface area contributed by atoms with Crippen molar-refractivity contribution in [3.05, 3.63) is 29.0 Å². The monoisotopic (exact) mass is 274 g/mol. The summed E-state index contributed by atoms with van der Waals surface area (Å²) in [6.07, 6.45) is -4.20. The topological polar surface area (TPSA) is 20.7 Å². The highest BCUT2D eigenvalue weighted by Crippen LogP contribution is 2.23. The lowest BCUT2D eigenvalue weighted by molar-refractivity contribution is -0.135. The van der Waals surface area contributed by atoms with Gasteiger partial charge in [-0.15, -0.1) is 0 Å². The molecule has 0 saturated carbocycles. The van der Waals surface area contributed by atoms with E-state index in [0.717, 1.165) is 11.0 Å². The van der Waals surface area contributed by atoms with Gasteiger partial charge in [0.2, 0.25) is 0 Å². The standard InChI is InChI=1S/C12H13F3N2S/c13-12(14,15)7-3-4-8-17-10-6-2-1-5-9(10)16-11(17)18/h1-2,5-6H,3-4,7-8H2,(H,16,18). The Morgan fingerprint density at radius 1 is 1.17 bits per heavy atom. The molecule has 0 aliphatic heterocycles. The molecule has 0 amide bonds. The van der Waals surface area contributed by atoms with Crippen LogP contribution < -0.4 is 0 Å². The van der Waals surface area contributed by atoms with E-state index in [-0.39, 0.29) is 6.42 Å². The minimum absolute atomic E-state index is 0.130. The molecule has 0 spiro atoms. The number of H-pyrrole nitrogens is 1. The van der Waals surface area contributed by atoms with Crippen molar-refractivity contribution in [2.75, 3.05) is 0 Å². The molecule has 0 fully saturated rings. The number of alkyl halides is 3. The molecule has 1 aromatic heterocycles. The predicted octanol–water partition coefficient (Wildman–Crippen LogP) is 4.43. The lowest BCUT2D eigenvalue weighted by Crippen LogP contribution is -2.07. The van der Waals surface area contributed by atoms with Gasteiger partial charge >= 0.3 is 6.18 Å². The van der Waals surface area contributed by atoms with Gasteiger partial charge in [-0.25, -0.2) is 0 Å². The van der Waals surface area contributed by atoms with Crippen molar-refractivity contribution < 1.29 is 13.2 Å². The summed E-state index contributed by atoms with van der Waals surface area (Å²) < 4.78 is 38.5. The van der Waals surface area contributed by atoms with E-state index in [1.54, 1.807) is 0 Å². The number of benzene rings is 1. The van der Waals surface area contributed by atoms with Crippen molar-refractivity contribution >= 4 is 23.3 Å². The molecule has 0 radical (unpaired) electrons. The van der Waals surface area contributed by atoms with Crippen LogP contribution in [0.2, 0.25) is 0 Å². The number of nitrogens with zero attached hydrogens (tertiary/aromatic N) is 1. The van der Waals surface area contributed by atoms with Crippen LogP contribution in [0.25, 0.3) is 11.0 Å². The maximum atomic E-state index is 12.0. The molecular formula is C12H13F3N2S. The normalized spacial score (nSPS) is 12.2. The van der Waals surface area contributed by atoms with Gasteiger partial charge in [0.15, 0.2) is 4.77 Å². The van der Waals surface area contributed by atoms with Crippen LogP contribution in [-0.2, 0) is 6.54 Å².